The van der Waals surface area contributed by atoms with Crippen molar-refractivity contribution < 1.29 is 20.8 Å². The molecule has 0 heterocycles. The molecule has 3 heteroatoms. The van der Waals surface area contributed by atoms with Crippen molar-refractivity contribution in [2.75, 3.05) is 0 Å². The molecule has 0 nitrogen and oxygen atoms in total. The molecule has 0 aliphatic heterocycles. The summed E-state index contributed by atoms with van der Waals surface area (Å²) in [6, 6.07) is 4.31. The third-order valence-corrected chi connectivity index (χ3v) is 1.77. The first-order valence-electron chi connectivity index (χ1n) is 3.29. The van der Waals surface area contributed by atoms with Gasteiger partial charge in [0.15, 0.2) is 0 Å². The Balaban J connectivity index is 0.000000292. The molecule has 1 rings (SSSR count). The SMILES string of the molecule is Cc1cc[c-](C)c1C.[Cl][Zr][Cl]. The molecule has 0 aliphatic rings. The maximum absolute atomic E-state index is 4.93. The molecule has 0 saturated heterocycles. The van der Waals surface area contributed by atoms with E-state index in [-0.39, 0.29) is 0 Å². The predicted molar refractivity (Wildman–Crippen MR) is 48.0 cm³/mol. The molecule has 0 N–H and O–H groups in total. The first-order chi connectivity index (χ1) is 5.13. The fourth-order valence-electron chi connectivity index (χ4n) is 0.811. The Morgan fingerprint density at radius 2 is 1.82 bits per heavy atom. The van der Waals surface area contributed by atoms with Crippen LogP contribution in [0.3, 0.4) is 0 Å². The number of hydrogen-bond acceptors (Lipinski definition) is 0. The molecular weight excluding hydrogens is 258 g/mol. The molecule has 0 amide bonds. The molecule has 0 saturated carbocycles. The summed E-state index contributed by atoms with van der Waals surface area (Å²) in [6.07, 6.45) is 0. The molecule has 0 aliphatic carbocycles. The summed E-state index contributed by atoms with van der Waals surface area (Å²) in [6.45, 7) is 6.44. The van der Waals surface area contributed by atoms with E-state index in [1.54, 1.807) is 0 Å². The van der Waals surface area contributed by atoms with E-state index in [1.807, 2.05) is 0 Å². The van der Waals surface area contributed by atoms with Crippen LogP contribution in [0, 0.1) is 20.8 Å². The van der Waals surface area contributed by atoms with Gasteiger partial charge in [-0.15, -0.1) is 0 Å². The van der Waals surface area contributed by atoms with Crippen molar-refractivity contribution >= 4 is 17.0 Å². The van der Waals surface area contributed by atoms with Crippen LogP contribution in [0.1, 0.15) is 16.7 Å². The van der Waals surface area contributed by atoms with Crippen molar-refractivity contribution in [3.63, 3.8) is 0 Å². The van der Waals surface area contributed by atoms with Crippen LogP contribution in [-0.4, -0.2) is 0 Å². The maximum atomic E-state index is 4.93. The van der Waals surface area contributed by atoms with Gasteiger partial charge in [-0.1, -0.05) is 20.8 Å². The van der Waals surface area contributed by atoms with Gasteiger partial charge in [0, 0.05) is 0 Å². The van der Waals surface area contributed by atoms with Gasteiger partial charge in [-0.25, -0.2) is 6.07 Å². The topological polar surface area (TPSA) is 0 Å². The molecule has 0 fully saturated rings. The van der Waals surface area contributed by atoms with Gasteiger partial charge in [-0.2, -0.15) is 22.8 Å². The molecule has 1 aromatic carbocycles. The normalized spacial score (nSPS) is 8.45. The molecular formula is C8H11Cl2Zr-. The second-order valence-electron chi connectivity index (χ2n) is 2.40. The molecule has 0 radical (unpaired) electrons. The van der Waals surface area contributed by atoms with Crippen LogP contribution in [0.15, 0.2) is 12.1 Å². The van der Waals surface area contributed by atoms with Crippen LogP contribution < -0.4 is 0 Å². The van der Waals surface area contributed by atoms with E-state index >= 15 is 0 Å². The summed E-state index contributed by atoms with van der Waals surface area (Å²) in [5.41, 5.74) is 4.25. The van der Waals surface area contributed by atoms with Crippen LogP contribution in [0.2, 0.25) is 0 Å². The standard InChI is InChI=1S/C8H11.2ClH.Zr/c1-6-4-5-7(2)8(6)3;;;/h4-5H,1-3H3;2*1H;/q-1;;;+2/p-2. The van der Waals surface area contributed by atoms with E-state index in [2.05, 4.69) is 32.9 Å². The van der Waals surface area contributed by atoms with E-state index in [0.29, 0.717) is 0 Å². The number of hydrogen-bond donors (Lipinski definition) is 0. The summed E-state index contributed by atoms with van der Waals surface area (Å²) in [4.78, 5) is 0. The Labute approximate surface area is 86.9 Å². The van der Waals surface area contributed by atoms with Gasteiger partial charge < -0.3 is 0 Å². The summed E-state index contributed by atoms with van der Waals surface area (Å²) >= 11 is -0.826. The van der Waals surface area contributed by atoms with Crippen molar-refractivity contribution in [1.82, 2.24) is 0 Å². The monoisotopic (exact) mass is 267 g/mol. The zero-order chi connectivity index (χ0) is 8.85. The van der Waals surface area contributed by atoms with E-state index < -0.39 is 20.8 Å². The molecule has 0 spiro atoms. The first-order valence-corrected chi connectivity index (χ1v) is 9.62. The minimum absolute atomic E-state index is 0.826. The van der Waals surface area contributed by atoms with Crippen LogP contribution >= 0.6 is 17.0 Å². The summed E-state index contributed by atoms with van der Waals surface area (Å²) in [5, 5.41) is 0. The number of aryl methyl sites for hydroxylation is 2. The first kappa shape index (κ1) is 11.8. The zero-order valence-corrected chi connectivity index (χ0v) is 10.9. The van der Waals surface area contributed by atoms with Crippen molar-refractivity contribution in [2.24, 2.45) is 0 Å². The number of rotatable bonds is 0. The van der Waals surface area contributed by atoms with E-state index in [0.717, 1.165) is 0 Å². The van der Waals surface area contributed by atoms with Crippen molar-refractivity contribution in [1.29, 1.82) is 0 Å². The molecule has 0 aromatic heterocycles. The van der Waals surface area contributed by atoms with Crippen LogP contribution in [0.25, 0.3) is 0 Å². The Bertz CT molecular complexity index is 186. The third-order valence-electron chi connectivity index (χ3n) is 1.77. The Kier molecular flexibility index (Phi) is 6.81. The molecule has 1 aromatic rings. The summed E-state index contributed by atoms with van der Waals surface area (Å²) < 4.78 is 0. The van der Waals surface area contributed by atoms with E-state index in [1.165, 1.54) is 16.7 Å². The van der Waals surface area contributed by atoms with Crippen LogP contribution in [0.5, 0.6) is 0 Å². The van der Waals surface area contributed by atoms with Gasteiger partial charge in [0.25, 0.3) is 0 Å². The van der Waals surface area contributed by atoms with Crippen molar-refractivity contribution in [2.45, 2.75) is 20.8 Å². The second-order valence-corrected chi connectivity index (χ2v) is 6.13. The minimum atomic E-state index is -0.826. The Morgan fingerprint density at radius 3 is 1.91 bits per heavy atom. The average Bonchev–Trinajstić information content (AvgIpc) is 2.22. The second kappa shape index (κ2) is 6.34. The van der Waals surface area contributed by atoms with Crippen molar-refractivity contribution in [3.05, 3.63) is 28.8 Å². The third kappa shape index (κ3) is 4.40. The zero-order valence-electron chi connectivity index (χ0n) is 6.91. The van der Waals surface area contributed by atoms with Gasteiger partial charge in [0.2, 0.25) is 0 Å². The molecule has 11 heavy (non-hydrogen) atoms. The van der Waals surface area contributed by atoms with E-state index in [9.17, 15) is 0 Å². The van der Waals surface area contributed by atoms with Gasteiger partial charge in [-0.3, -0.25) is 0 Å². The molecule has 0 bridgehead atoms. The predicted octanol–water partition coefficient (Wildman–Crippen LogP) is 3.71. The summed E-state index contributed by atoms with van der Waals surface area (Å²) in [5.74, 6) is 0. The fourth-order valence-corrected chi connectivity index (χ4v) is 0.811. The Hall–Kier alpha value is 0.813. The van der Waals surface area contributed by atoms with Crippen LogP contribution in [-0.2, 0) is 20.8 Å². The molecule has 62 valence electrons. The van der Waals surface area contributed by atoms with Gasteiger partial charge in [-0.05, 0) is 0 Å². The van der Waals surface area contributed by atoms with Crippen LogP contribution in [0.4, 0.5) is 0 Å². The van der Waals surface area contributed by atoms with Gasteiger partial charge >= 0.3 is 37.9 Å². The fraction of sp³-hybridized carbons (Fsp3) is 0.375. The van der Waals surface area contributed by atoms with Gasteiger partial charge in [0.1, 0.15) is 0 Å². The quantitative estimate of drug-likeness (QED) is 0.630. The average molecular weight is 269 g/mol. The Morgan fingerprint density at radius 1 is 1.36 bits per heavy atom. The molecule has 0 atom stereocenters. The van der Waals surface area contributed by atoms with E-state index in [4.69, 9.17) is 17.0 Å². The van der Waals surface area contributed by atoms with Gasteiger partial charge in [0.05, 0.1) is 0 Å². The summed E-state index contributed by atoms with van der Waals surface area (Å²) in [7, 11) is 9.87. The molecule has 0 unspecified atom stereocenters. The number of halogens is 2. The van der Waals surface area contributed by atoms with Crippen molar-refractivity contribution in [3.8, 4) is 0 Å².